The van der Waals surface area contributed by atoms with Gasteiger partial charge in [0.15, 0.2) is 5.75 Å². The molecule has 3 rings (SSSR count). The largest absolute Gasteiger partial charge is 0.491 e. The molecule has 0 radical (unpaired) electrons. The fraction of sp³-hybridized carbons (Fsp3) is 0.615. The summed E-state index contributed by atoms with van der Waals surface area (Å²) in [4.78, 5) is 6.82. The average Bonchev–Trinajstić information content (AvgIpc) is 2.45. The number of piperazine rings is 1. The number of methoxy groups -OCH3 is 2. The summed E-state index contributed by atoms with van der Waals surface area (Å²) in [5.74, 6) is 1.26. The van der Waals surface area contributed by atoms with Gasteiger partial charge in [-0.05, 0) is 18.1 Å². The van der Waals surface area contributed by atoms with E-state index in [0.29, 0.717) is 23.7 Å². The standard InChI is InChI=1S/C13H19N3O2/c1-17-12-3-9(5-15-13(12)18-2)8-16-10-4-11(16)7-14-6-10/h3,5,10-11,14H,4,6-8H2,1-2H3. The first-order chi connectivity index (χ1) is 8.81. The predicted molar refractivity (Wildman–Crippen MR) is 67.9 cm³/mol. The van der Waals surface area contributed by atoms with Crippen molar-refractivity contribution < 1.29 is 9.47 Å². The highest BCUT2D eigenvalue weighted by molar-refractivity contribution is 5.36. The third-order valence-corrected chi connectivity index (χ3v) is 3.90. The van der Waals surface area contributed by atoms with Crippen LogP contribution in [0.1, 0.15) is 12.0 Å². The lowest BCUT2D eigenvalue weighted by atomic mass is 9.88. The number of piperidine rings is 1. The highest BCUT2D eigenvalue weighted by Crippen LogP contribution is 2.31. The SMILES string of the molecule is COc1cc(CN2C3CNCC2C3)cnc1OC. The second-order valence-corrected chi connectivity index (χ2v) is 4.93. The molecule has 0 amide bonds. The molecule has 1 N–H and O–H groups in total. The molecule has 3 heterocycles. The normalized spacial score (nSPS) is 26.6. The van der Waals surface area contributed by atoms with Crippen LogP contribution in [0.5, 0.6) is 11.6 Å². The van der Waals surface area contributed by atoms with Crippen LogP contribution in [0.4, 0.5) is 0 Å². The van der Waals surface area contributed by atoms with Gasteiger partial charge >= 0.3 is 0 Å². The Kier molecular flexibility index (Phi) is 3.09. The summed E-state index contributed by atoms with van der Waals surface area (Å²) in [5.41, 5.74) is 1.18. The summed E-state index contributed by atoms with van der Waals surface area (Å²) in [6.07, 6.45) is 3.20. The molecule has 0 aromatic carbocycles. The zero-order chi connectivity index (χ0) is 12.5. The van der Waals surface area contributed by atoms with Gasteiger partial charge in [-0.3, -0.25) is 4.90 Å². The number of rotatable bonds is 4. The summed E-state index contributed by atoms with van der Waals surface area (Å²) >= 11 is 0. The Labute approximate surface area is 107 Å². The Morgan fingerprint density at radius 3 is 2.72 bits per heavy atom. The van der Waals surface area contributed by atoms with Crippen LogP contribution in [0.3, 0.4) is 0 Å². The van der Waals surface area contributed by atoms with Crippen LogP contribution in [0, 0.1) is 0 Å². The van der Waals surface area contributed by atoms with Gasteiger partial charge in [0, 0.05) is 37.9 Å². The van der Waals surface area contributed by atoms with E-state index in [4.69, 9.17) is 9.47 Å². The number of hydrogen-bond donors (Lipinski definition) is 1. The van der Waals surface area contributed by atoms with Crippen LogP contribution in [-0.4, -0.2) is 49.3 Å². The maximum Gasteiger partial charge on any atom is 0.256 e. The lowest BCUT2D eigenvalue weighted by molar-refractivity contribution is -0.0208. The molecule has 5 heteroatoms. The molecule has 0 aliphatic carbocycles. The van der Waals surface area contributed by atoms with Crippen molar-refractivity contribution in [2.75, 3.05) is 27.3 Å². The average molecular weight is 249 g/mol. The van der Waals surface area contributed by atoms with Crippen molar-refractivity contribution in [3.05, 3.63) is 17.8 Å². The van der Waals surface area contributed by atoms with Gasteiger partial charge in [-0.2, -0.15) is 0 Å². The molecular formula is C13H19N3O2. The van der Waals surface area contributed by atoms with Crippen molar-refractivity contribution in [3.8, 4) is 11.6 Å². The molecule has 1 aromatic rings. The topological polar surface area (TPSA) is 46.6 Å². The molecule has 1 aromatic heterocycles. The quantitative estimate of drug-likeness (QED) is 0.848. The van der Waals surface area contributed by atoms with E-state index in [1.165, 1.54) is 12.0 Å². The van der Waals surface area contributed by atoms with Crippen molar-refractivity contribution in [2.45, 2.75) is 25.0 Å². The fourth-order valence-electron chi connectivity index (χ4n) is 2.89. The summed E-state index contributed by atoms with van der Waals surface area (Å²) in [6, 6.07) is 3.40. The van der Waals surface area contributed by atoms with E-state index in [-0.39, 0.29) is 0 Å². The van der Waals surface area contributed by atoms with Crippen molar-refractivity contribution >= 4 is 0 Å². The van der Waals surface area contributed by atoms with Gasteiger partial charge in [0.1, 0.15) is 0 Å². The van der Waals surface area contributed by atoms with Crippen molar-refractivity contribution in [1.29, 1.82) is 0 Å². The van der Waals surface area contributed by atoms with E-state index in [0.717, 1.165) is 19.6 Å². The Hall–Kier alpha value is -1.33. The summed E-state index contributed by atoms with van der Waals surface area (Å²) < 4.78 is 10.4. The Balaban J connectivity index is 1.73. The van der Waals surface area contributed by atoms with Gasteiger partial charge in [0.05, 0.1) is 14.2 Å². The van der Waals surface area contributed by atoms with Gasteiger partial charge in [-0.1, -0.05) is 0 Å². The highest BCUT2D eigenvalue weighted by atomic mass is 16.5. The molecule has 2 aliphatic rings. The van der Waals surface area contributed by atoms with E-state index in [1.54, 1.807) is 14.2 Å². The van der Waals surface area contributed by atoms with Crippen LogP contribution in [0.15, 0.2) is 12.3 Å². The van der Waals surface area contributed by atoms with E-state index in [9.17, 15) is 0 Å². The Morgan fingerprint density at radius 2 is 2.11 bits per heavy atom. The second-order valence-electron chi connectivity index (χ2n) is 4.93. The van der Waals surface area contributed by atoms with Crippen LogP contribution < -0.4 is 14.8 Å². The number of nitrogens with one attached hydrogen (secondary N) is 1. The van der Waals surface area contributed by atoms with E-state index < -0.39 is 0 Å². The summed E-state index contributed by atoms with van der Waals surface area (Å²) in [6.45, 7) is 3.17. The van der Waals surface area contributed by atoms with Crippen molar-refractivity contribution in [3.63, 3.8) is 0 Å². The first-order valence-electron chi connectivity index (χ1n) is 6.35. The van der Waals surface area contributed by atoms with Crippen LogP contribution in [0.2, 0.25) is 0 Å². The molecule has 2 aliphatic heterocycles. The van der Waals surface area contributed by atoms with Crippen molar-refractivity contribution in [1.82, 2.24) is 15.2 Å². The molecule has 0 spiro atoms. The lowest BCUT2D eigenvalue weighted by Crippen LogP contribution is -2.67. The third-order valence-electron chi connectivity index (χ3n) is 3.90. The molecule has 2 fully saturated rings. The molecular weight excluding hydrogens is 230 g/mol. The molecule has 0 saturated carbocycles. The zero-order valence-corrected chi connectivity index (χ0v) is 10.8. The monoisotopic (exact) mass is 249 g/mol. The molecule has 2 bridgehead atoms. The minimum atomic E-state index is 0.548. The maximum atomic E-state index is 5.29. The van der Waals surface area contributed by atoms with Gasteiger partial charge in [-0.25, -0.2) is 4.98 Å². The number of nitrogens with zero attached hydrogens (tertiary/aromatic N) is 2. The van der Waals surface area contributed by atoms with Gasteiger partial charge in [-0.15, -0.1) is 0 Å². The molecule has 98 valence electrons. The lowest BCUT2D eigenvalue weighted by Gasteiger charge is -2.53. The first kappa shape index (κ1) is 11.7. The van der Waals surface area contributed by atoms with E-state index >= 15 is 0 Å². The van der Waals surface area contributed by atoms with E-state index in [2.05, 4.69) is 15.2 Å². The first-order valence-corrected chi connectivity index (χ1v) is 6.35. The third kappa shape index (κ3) is 1.93. The molecule has 5 nitrogen and oxygen atoms in total. The number of fused-ring (bicyclic) bond motifs is 2. The minimum absolute atomic E-state index is 0.548. The molecule has 2 atom stereocenters. The number of ether oxygens (including phenoxy) is 2. The van der Waals surface area contributed by atoms with Gasteiger partial charge in [0.25, 0.3) is 5.88 Å². The molecule has 2 unspecified atom stereocenters. The minimum Gasteiger partial charge on any atom is -0.491 e. The smallest absolute Gasteiger partial charge is 0.256 e. The molecule has 2 saturated heterocycles. The van der Waals surface area contributed by atoms with Crippen LogP contribution in [0.25, 0.3) is 0 Å². The van der Waals surface area contributed by atoms with Crippen LogP contribution >= 0.6 is 0 Å². The summed E-state index contributed by atoms with van der Waals surface area (Å²) in [5, 5.41) is 3.44. The molecule has 18 heavy (non-hydrogen) atoms. The second kappa shape index (κ2) is 4.74. The maximum absolute atomic E-state index is 5.29. The number of hydrogen-bond acceptors (Lipinski definition) is 5. The number of aromatic nitrogens is 1. The fourth-order valence-corrected chi connectivity index (χ4v) is 2.89. The Bertz CT molecular complexity index is 424. The Morgan fingerprint density at radius 1 is 1.33 bits per heavy atom. The zero-order valence-electron chi connectivity index (χ0n) is 10.8. The predicted octanol–water partition coefficient (Wildman–Crippen LogP) is 0.645. The summed E-state index contributed by atoms with van der Waals surface area (Å²) in [7, 11) is 3.25. The highest BCUT2D eigenvalue weighted by Gasteiger charge is 2.40. The van der Waals surface area contributed by atoms with Gasteiger partial charge < -0.3 is 14.8 Å². The van der Waals surface area contributed by atoms with Crippen molar-refractivity contribution in [2.24, 2.45) is 0 Å². The van der Waals surface area contributed by atoms with E-state index in [1.807, 2.05) is 12.3 Å². The van der Waals surface area contributed by atoms with Gasteiger partial charge in [0.2, 0.25) is 0 Å². The number of pyridine rings is 1. The van der Waals surface area contributed by atoms with Crippen LogP contribution in [-0.2, 0) is 6.54 Å².